The molecule has 2 fully saturated rings. The molecule has 2 aliphatic heterocycles. The Labute approximate surface area is 159 Å². The first-order valence-electron chi connectivity index (χ1n) is 9.78. The number of nitrogens with one attached hydrogen (secondary N) is 1. The van der Waals surface area contributed by atoms with Gasteiger partial charge in [0.25, 0.3) is 0 Å². The van der Waals surface area contributed by atoms with Crippen LogP contribution in [-0.4, -0.2) is 64.7 Å². The first kappa shape index (κ1) is 18.1. The third-order valence-corrected chi connectivity index (χ3v) is 5.68. The highest BCUT2D eigenvalue weighted by atomic mass is 16.5. The number of nitrogens with zero attached hydrogens (tertiary/aromatic N) is 4. The summed E-state index contributed by atoms with van der Waals surface area (Å²) in [6, 6.07) is 10.8. The fourth-order valence-corrected chi connectivity index (χ4v) is 4.06. The van der Waals surface area contributed by atoms with Gasteiger partial charge in [-0.3, -0.25) is 4.79 Å². The number of amides is 1. The molecule has 1 aromatic carbocycles. The topological polar surface area (TPSA) is 72.3 Å². The molecule has 1 N–H and O–H groups in total. The number of likely N-dealkylation sites (tertiary alicyclic amines) is 1. The highest BCUT2D eigenvalue weighted by Crippen LogP contribution is 2.22. The number of hydrogen-bond donors (Lipinski definition) is 1. The molecular formula is C20H27N5O2. The van der Waals surface area contributed by atoms with Gasteiger partial charge < -0.3 is 15.0 Å². The number of piperidine rings is 1. The average molecular weight is 369 g/mol. The van der Waals surface area contributed by atoms with Crippen molar-refractivity contribution in [3.05, 3.63) is 48.3 Å². The molecule has 0 radical (unpaired) electrons. The summed E-state index contributed by atoms with van der Waals surface area (Å²) in [5, 5.41) is 11.3. The van der Waals surface area contributed by atoms with Crippen LogP contribution in [0.3, 0.4) is 0 Å². The first-order chi connectivity index (χ1) is 13.3. The number of aromatic nitrogens is 3. The maximum atomic E-state index is 12.6. The molecule has 3 heterocycles. The largest absolute Gasteiger partial charge is 0.377 e. The summed E-state index contributed by atoms with van der Waals surface area (Å²) >= 11 is 0. The van der Waals surface area contributed by atoms with E-state index in [2.05, 4.69) is 46.0 Å². The standard InChI is InChI=1S/C20H27N5O2/c26-20(13-21-18-14-27-15-19(18)25-11-8-22-23-25)24-9-6-17(7-10-24)12-16-4-2-1-3-5-16/h1-5,8,11,17-19,21H,6-7,9-10,12-15H2/t18-,19+/m1/s1. The van der Waals surface area contributed by atoms with Crippen LogP contribution in [0, 0.1) is 5.92 Å². The fraction of sp³-hybridized carbons (Fsp3) is 0.550. The number of benzene rings is 1. The lowest BCUT2D eigenvalue weighted by atomic mass is 9.90. The summed E-state index contributed by atoms with van der Waals surface area (Å²) in [6.07, 6.45) is 6.77. The Morgan fingerprint density at radius 1 is 1.19 bits per heavy atom. The van der Waals surface area contributed by atoms with Gasteiger partial charge in [-0.1, -0.05) is 35.5 Å². The molecule has 2 atom stereocenters. The summed E-state index contributed by atoms with van der Waals surface area (Å²) in [5.74, 6) is 0.849. The molecule has 0 saturated carbocycles. The van der Waals surface area contributed by atoms with E-state index in [1.165, 1.54) is 5.56 Å². The van der Waals surface area contributed by atoms with Crippen LogP contribution in [0.4, 0.5) is 0 Å². The number of hydrogen-bond acceptors (Lipinski definition) is 5. The second-order valence-electron chi connectivity index (χ2n) is 7.49. The molecule has 144 valence electrons. The first-order valence-corrected chi connectivity index (χ1v) is 9.78. The Morgan fingerprint density at radius 2 is 2.00 bits per heavy atom. The van der Waals surface area contributed by atoms with Crippen molar-refractivity contribution in [2.45, 2.75) is 31.3 Å². The van der Waals surface area contributed by atoms with Crippen LogP contribution in [0.1, 0.15) is 24.4 Å². The summed E-state index contributed by atoms with van der Waals surface area (Å²) in [5.41, 5.74) is 1.39. The predicted molar refractivity (Wildman–Crippen MR) is 101 cm³/mol. The number of carbonyl (C=O) groups excluding carboxylic acids is 1. The summed E-state index contributed by atoms with van der Waals surface area (Å²) < 4.78 is 7.38. The van der Waals surface area contributed by atoms with Gasteiger partial charge in [-0.15, -0.1) is 5.10 Å². The van der Waals surface area contributed by atoms with Gasteiger partial charge in [0.1, 0.15) is 0 Å². The van der Waals surface area contributed by atoms with Gasteiger partial charge in [-0.2, -0.15) is 0 Å². The van der Waals surface area contributed by atoms with E-state index in [0.29, 0.717) is 25.7 Å². The van der Waals surface area contributed by atoms with Gasteiger partial charge in [0, 0.05) is 19.3 Å². The van der Waals surface area contributed by atoms with Crippen molar-refractivity contribution in [2.75, 3.05) is 32.8 Å². The second kappa shape index (κ2) is 8.63. The summed E-state index contributed by atoms with van der Waals surface area (Å²) in [7, 11) is 0. The molecule has 1 amide bonds. The zero-order valence-electron chi connectivity index (χ0n) is 15.5. The lowest BCUT2D eigenvalue weighted by Crippen LogP contribution is -2.47. The Morgan fingerprint density at radius 3 is 2.74 bits per heavy atom. The molecule has 2 saturated heterocycles. The lowest BCUT2D eigenvalue weighted by molar-refractivity contribution is -0.131. The van der Waals surface area contributed by atoms with E-state index in [1.54, 1.807) is 6.20 Å². The van der Waals surface area contributed by atoms with Crippen LogP contribution in [-0.2, 0) is 16.0 Å². The molecule has 7 heteroatoms. The van der Waals surface area contributed by atoms with Gasteiger partial charge in [0.2, 0.25) is 5.91 Å². The van der Waals surface area contributed by atoms with Crippen molar-refractivity contribution in [2.24, 2.45) is 5.92 Å². The van der Waals surface area contributed by atoms with Crippen molar-refractivity contribution >= 4 is 5.91 Å². The number of rotatable bonds is 6. The molecule has 0 bridgehead atoms. The predicted octanol–water partition coefficient (Wildman–Crippen LogP) is 1.29. The van der Waals surface area contributed by atoms with E-state index in [9.17, 15) is 4.79 Å². The smallest absolute Gasteiger partial charge is 0.236 e. The lowest BCUT2D eigenvalue weighted by Gasteiger charge is -2.32. The van der Waals surface area contributed by atoms with Crippen molar-refractivity contribution < 1.29 is 9.53 Å². The van der Waals surface area contributed by atoms with Crippen molar-refractivity contribution in [3.63, 3.8) is 0 Å². The van der Waals surface area contributed by atoms with Crippen molar-refractivity contribution in [3.8, 4) is 0 Å². The maximum Gasteiger partial charge on any atom is 0.236 e. The SMILES string of the molecule is O=C(CN[C@@H]1COC[C@@H]1n1ccnn1)N1CCC(Cc2ccccc2)CC1. The zero-order chi connectivity index (χ0) is 18.5. The van der Waals surface area contributed by atoms with E-state index >= 15 is 0 Å². The normalized spacial score (nSPS) is 23.6. The summed E-state index contributed by atoms with van der Waals surface area (Å²) in [4.78, 5) is 14.6. The Balaban J connectivity index is 1.22. The average Bonchev–Trinajstić information content (AvgIpc) is 3.39. The monoisotopic (exact) mass is 369 g/mol. The van der Waals surface area contributed by atoms with Crippen molar-refractivity contribution in [1.82, 2.24) is 25.2 Å². The molecule has 1 aromatic heterocycles. The van der Waals surface area contributed by atoms with Crippen LogP contribution in [0.15, 0.2) is 42.7 Å². The van der Waals surface area contributed by atoms with Gasteiger partial charge in [-0.05, 0) is 30.7 Å². The molecule has 2 aliphatic rings. The molecule has 0 unspecified atom stereocenters. The van der Waals surface area contributed by atoms with Gasteiger partial charge >= 0.3 is 0 Å². The summed E-state index contributed by atoms with van der Waals surface area (Å²) in [6.45, 7) is 3.25. The molecule has 2 aromatic rings. The molecule has 27 heavy (non-hydrogen) atoms. The zero-order valence-corrected chi connectivity index (χ0v) is 15.5. The highest BCUT2D eigenvalue weighted by Gasteiger charge is 2.31. The van der Waals surface area contributed by atoms with E-state index in [0.717, 1.165) is 32.4 Å². The quantitative estimate of drug-likeness (QED) is 0.831. The Kier molecular flexibility index (Phi) is 5.79. The highest BCUT2D eigenvalue weighted by molar-refractivity contribution is 5.78. The van der Waals surface area contributed by atoms with E-state index in [1.807, 2.05) is 15.8 Å². The van der Waals surface area contributed by atoms with Gasteiger partial charge in [-0.25, -0.2) is 4.68 Å². The molecule has 7 nitrogen and oxygen atoms in total. The molecular weight excluding hydrogens is 342 g/mol. The minimum atomic E-state index is 0.0891. The van der Waals surface area contributed by atoms with E-state index in [4.69, 9.17) is 4.74 Å². The van der Waals surface area contributed by atoms with Crippen LogP contribution < -0.4 is 5.32 Å². The van der Waals surface area contributed by atoms with Crippen LogP contribution in [0.2, 0.25) is 0 Å². The van der Waals surface area contributed by atoms with Crippen LogP contribution in [0.5, 0.6) is 0 Å². The van der Waals surface area contributed by atoms with Crippen molar-refractivity contribution in [1.29, 1.82) is 0 Å². The fourth-order valence-electron chi connectivity index (χ4n) is 4.06. The van der Waals surface area contributed by atoms with Crippen LogP contribution in [0.25, 0.3) is 0 Å². The number of carbonyl (C=O) groups is 1. The van der Waals surface area contributed by atoms with Gasteiger partial charge in [0.05, 0.1) is 38.0 Å². The number of ether oxygens (including phenoxy) is 1. The molecule has 0 spiro atoms. The van der Waals surface area contributed by atoms with E-state index < -0.39 is 0 Å². The third kappa shape index (κ3) is 4.54. The van der Waals surface area contributed by atoms with Crippen LogP contribution >= 0.6 is 0 Å². The minimum absolute atomic E-state index is 0.0891. The second-order valence-corrected chi connectivity index (χ2v) is 7.49. The minimum Gasteiger partial charge on any atom is -0.377 e. The molecule has 4 rings (SSSR count). The van der Waals surface area contributed by atoms with Gasteiger partial charge in [0.15, 0.2) is 0 Å². The maximum absolute atomic E-state index is 12.6. The van der Waals surface area contributed by atoms with E-state index in [-0.39, 0.29) is 18.0 Å². The Hall–Kier alpha value is -2.25. The molecule has 0 aliphatic carbocycles. The third-order valence-electron chi connectivity index (χ3n) is 5.68. The Bertz CT molecular complexity index is 713.